The number of nitrogens with one attached hydrogen (secondary N) is 1. The van der Waals surface area contributed by atoms with Crippen LogP contribution in [-0.2, 0) is 0 Å². The average molecular weight is 230 g/mol. The first-order valence-electron chi connectivity index (χ1n) is 5.28. The number of benzene rings is 1. The third-order valence-electron chi connectivity index (χ3n) is 2.24. The number of methoxy groups -OCH3 is 1. The molecule has 1 heterocycles. The van der Waals surface area contributed by atoms with Gasteiger partial charge in [0.1, 0.15) is 17.3 Å². The highest BCUT2D eigenvalue weighted by Crippen LogP contribution is 2.24. The molecule has 0 unspecified atom stereocenters. The summed E-state index contributed by atoms with van der Waals surface area (Å²) in [6.07, 6.45) is 0. The normalized spacial score (nSPS) is 9.76. The first-order chi connectivity index (χ1) is 8.31. The smallest absolute Gasteiger partial charge is 0.221 e. The summed E-state index contributed by atoms with van der Waals surface area (Å²) in [6.45, 7) is 0. The van der Waals surface area contributed by atoms with Crippen molar-refractivity contribution in [2.75, 3.05) is 19.5 Å². The molecule has 2 aromatic rings. The lowest BCUT2D eigenvalue weighted by atomic mass is 10.3. The van der Waals surface area contributed by atoms with E-state index in [0.717, 1.165) is 11.6 Å². The van der Waals surface area contributed by atoms with Crippen LogP contribution in [0, 0.1) is 0 Å². The fourth-order valence-corrected chi connectivity index (χ4v) is 1.40. The molecule has 0 saturated heterocycles. The van der Waals surface area contributed by atoms with Gasteiger partial charge in [0.15, 0.2) is 0 Å². The molecule has 4 heteroatoms. The number of hydrogen-bond acceptors (Lipinski definition) is 4. The fourth-order valence-electron chi connectivity index (χ4n) is 1.40. The van der Waals surface area contributed by atoms with Crippen molar-refractivity contribution in [2.45, 2.75) is 0 Å². The standard InChI is InChI=1S/C13H14N2O2/c1-14-12-7-4-8-13(15-12)17-11-6-3-5-10(9-11)16-2/h3-9H,1-2H3,(H,14,15). The van der Waals surface area contributed by atoms with Gasteiger partial charge in [-0.25, -0.2) is 0 Å². The Balaban J connectivity index is 2.18. The third kappa shape index (κ3) is 2.87. The third-order valence-corrected chi connectivity index (χ3v) is 2.24. The van der Waals surface area contributed by atoms with Crippen molar-refractivity contribution in [1.82, 2.24) is 4.98 Å². The van der Waals surface area contributed by atoms with Crippen LogP contribution in [0.4, 0.5) is 5.82 Å². The van der Waals surface area contributed by atoms with Gasteiger partial charge in [0.05, 0.1) is 7.11 Å². The number of anilines is 1. The van der Waals surface area contributed by atoms with E-state index in [1.54, 1.807) is 13.2 Å². The van der Waals surface area contributed by atoms with Crippen molar-refractivity contribution in [3.8, 4) is 17.4 Å². The molecule has 1 aromatic heterocycles. The molecule has 88 valence electrons. The van der Waals surface area contributed by atoms with E-state index < -0.39 is 0 Å². The average Bonchev–Trinajstić information content (AvgIpc) is 2.39. The van der Waals surface area contributed by atoms with Crippen molar-refractivity contribution < 1.29 is 9.47 Å². The number of aromatic nitrogens is 1. The number of hydrogen-bond donors (Lipinski definition) is 1. The van der Waals surface area contributed by atoms with E-state index in [1.807, 2.05) is 43.4 Å². The Hall–Kier alpha value is -2.23. The Morgan fingerprint density at radius 2 is 1.82 bits per heavy atom. The number of pyridine rings is 1. The van der Waals surface area contributed by atoms with Crippen LogP contribution in [0.3, 0.4) is 0 Å². The Labute approximate surface area is 100 Å². The van der Waals surface area contributed by atoms with Gasteiger partial charge in [-0.05, 0) is 18.2 Å². The molecule has 0 spiro atoms. The van der Waals surface area contributed by atoms with Crippen LogP contribution in [0.5, 0.6) is 17.4 Å². The molecule has 0 aliphatic rings. The highest BCUT2D eigenvalue weighted by atomic mass is 16.5. The summed E-state index contributed by atoms with van der Waals surface area (Å²) >= 11 is 0. The molecule has 0 fully saturated rings. The van der Waals surface area contributed by atoms with Crippen molar-refractivity contribution in [2.24, 2.45) is 0 Å². The van der Waals surface area contributed by atoms with Crippen LogP contribution in [0.1, 0.15) is 0 Å². The Kier molecular flexibility index (Phi) is 3.45. The van der Waals surface area contributed by atoms with Crippen molar-refractivity contribution in [3.05, 3.63) is 42.5 Å². The van der Waals surface area contributed by atoms with E-state index in [9.17, 15) is 0 Å². The maximum Gasteiger partial charge on any atom is 0.221 e. The van der Waals surface area contributed by atoms with Crippen LogP contribution in [0.25, 0.3) is 0 Å². The van der Waals surface area contributed by atoms with Gasteiger partial charge in [0.25, 0.3) is 0 Å². The van der Waals surface area contributed by atoms with Gasteiger partial charge in [-0.1, -0.05) is 12.1 Å². The molecular weight excluding hydrogens is 216 g/mol. The summed E-state index contributed by atoms with van der Waals surface area (Å²) in [7, 11) is 3.44. The van der Waals surface area contributed by atoms with Crippen LogP contribution in [0.2, 0.25) is 0 Å². The molecule has 1 aromatic carbocycles. The van der Waals surface area contributed by atoms with Gasteiger partial charge in [0.2, 0.25) is 5.88 Å². The van der Waals surface area contributed by atoms with Crippen LogP contribution in [0.15, 0.2) is 42.5 Å². The minimum absolute atomic E-state index is 0.546. The molecule has 0 atom stereocenters. The van der Waals surface area contributed by atoms with E-state index in [-0.39, 0.29) is 0 Å². The largest absolute Gasteiger partial charge is 0.497 e. The molecule has 0 radical (unpaired) electrons. The minimum Gasteiger partial charge on any atom is -0.497 e. The predicted octanol–water partition coefficient (Wildman–Crippen LogP) is 2.92. The van der Waals surface area contributed by atoms with Crippen molar-refractivity contribution >= 4 is 5.82 Å². The summed E-state index contributed by atoms with van der Waals surface area (Å²) < 4.78 is 10.8. The van der Waals surface area contributed by atoms with E-state index in [1.165, 1.54) is 0 Å². The van der Waals surface area contributed by atoms with Gasteiger partial charge in [-0.2, -0.15) is 4.98 Å². The molecule has 2 rings (SSSR count). The summed E-state index contributed by atoms with van der Waals surface area (Å²) in [5.41, 5.74) is 0. The minimum atomic E-state index is 0.546. The zero-order valence-corrected chi connectivity index (χ0v) is 9.81. The Bertz CT molecular complexity index is 455. The van der Waals surface area contributed by atoms with Gasteiger partial charge < -0.3 is 14.8 Å². The topological polar surface area (TPSA) is 43.4 Å². The lowest BCUT2D eigenvalue weighted by Gasteiger charge is -2.07. The van der Waals surface area contributed by atoms with E-state index in [4.69, 9.17) is 9.47 Å². The first kappa shape index (κ1) is 11.3. The van der Waals surface area contributed by atoms with Gasteiger partial charge in [0, 0.05) is 19.2 Å². The van der Waals surface area contributed by atoms with E-state index >= 15 is 0 Å². The van der Waals surface area contributed by atoms with Gasteiger partial charge >= 0.3 is 0 Å². The van der Waals surface area contributed by atoms with Crippen molar-refractivity contribution in [3.63, 3.8) is 0 Å². The van der Waals surface area contributed by atoms with Crippen LogP contribution >= 0.6 is 0 Å². The van der Waals surface area contributed by atoms with Gasteiger partial charge in [-0.3, -0.25) is 0 Å². The molecule has 0 bridgehead atoms. The van der Waals surface area contributed by atoms with Crippen LogP contribution in [-0.4, -0.2) is 19.1 Å². The fraction of sp³-hybridized carbons (Fsp3) is 0.154. The summed E-state index contributed by atoms with van der Waals surface area (Å²) in [4.78, 5) is 4.27. The predicted molar refractivity (Wildman–Crippen MR) is 66.9 cm³/mol. The monoisotopic (exact) mass is 230 g/mol. The number of rotatable bonds is 4. The van der Waals surface area contributed by atoms with Crippen LogP contribution < -0.4 is 14.8 Å². The molecule has 0 aliphatic carbocycles. The first-order valence-corrected chi connectivity index (χ1v) is 5.28. The highest BCUT2D eigenvalue weighted by Gasteiger charge is 2.01. The second kappa shape index (κ2) is 5.21. The molecule has 1 N–H and O–H groups in total. The molecule has 17 heavy (non-hydrogen) atoms. The zero-order chi connectivity index (χ0) is 12.1. The zero-order valence-electron chi connectivity index (χ0n) is 9.81. The second-order valence-corrected chi connectivity index (χ2v) is 3.39. The lowest BCUT2D eigenvalue weighted by molar-refractivity contribution is 0.407. The number of ether oxygens (including phenoxy) is 2. The maximum absolute atomic E-state index is 5.63. The Morgan fingerprint density at radius 1 is 1.06 bits per heavy atom. The molecule has 0 aliphatic heterocycles. The quantitative estimate of drug-likeness (QED) is 0.877. The summed E-state index contributed by atoms with van der Waals surface area (Å²) in [5.74, 6) is 2.77. The number of nitrogens with zero attached hydrogens (tertiary/aromatic N) is 1. The van der Waals surface area contributed by atoms with E-state index in [2.05, 4.69) is 10.3 Å². The van der Waals surface area contributed by atoms with Gasteiger partial charge in [-0.15, -0.1) is 0 Å². The highest BCUT2D eigenvalue weighted by molar-refractivity contribution is 5.39. The maximum atomic E-state index is 5.63. The van der Waals surface area contributed by atoms with E-state index in [0.29, 0.717) is 11.6 Å². The Morgan fingerprint density at radius 3 is 2.59 bits per heavy atom. The lowest BCUT2D eigenvalue weighted by Crippen LogP contribution is -1.94. The summed E-state index contributed by atoms with van der Waals surface area (Å²) in [5, 5.41) is 2.96. The molecular formula is C13H14N2O2. The SMILES string of the molecule is CNc1cccc(Oc2cccc(OC)c2)n1. The summed E-state index contributed by atoms with van der Waals surface area (Å²) in [6, 6.07) is 13.0. The molecule has 4 nitrogen and oxygen atoms in total. The van der Waals surface area contributed by atoms with Crippen molar-refractivity contribution in [1.29, 1.82) is 0 Å². The second-order valence-electron chi connectivity index (χ2n) is 3.39. The molecule has 0 saturated carbocycles. The molecule has 0 amide bonds.